The first kappa shape index (κ1) is 13.3. The molecular formula is C15H18N2O2. The standard InChI is InChI=1S/C15H18N2O2/c1-3-14(18)16-7-6-11-4-5-13-12(9-11)8-10(2)15(19)17-13/h4-5,8-9H,3,6-7H2,1-2H3,(H,16,18)(H,17,19). The summed E-state index contributed by atoms with van der Waals surface area (Å²) >= 11 is 0. The van der Waals surface area contributed by atoms with E-state index in [4.69, 9.17) is 0 Å². The zero-order chi connectivity index (χ0) is 13.8. The molecule has 0 spiro atoms. The second-order valence-electron chi connectivity index (χ2n) is 4.66. The van der Waals surface area contributed by atoms with Gasteiger partial charge < -0.3 is 10.3 Å². The topological polar surface area (TPSA) is 62.0 Å². The van der Waals surface area contributed by atoms with E-state index < -0.39 is 0 Å². The Bertz CT molecular complexity index is 659. The van der Waals surface area contributed by atoms with Crippen LogP contribution in [0, 0.1) is 6.92 Å². The van der Waals surface area contributed by atoms with Crippen LogP contribution in [-0.4, -0.2) is 17.4 Å². The SMILES string of the molecule is CCC(=O)NCCc1ccc2[nH]c(=O)c(C)cc2c1. The average Bonchev–Trinajstić information content (AvgIpc) is 2.40. The van der Waals surface area contributed by atoms with Gasteiger partial charge >= 0.3 is 0 Å². The molecule has 1 aromatic heterocycles. The number of amides is 1. The average molecular weight is 258 g/mol. The van der Waals surface area contributed by atoms with Crippen molar-refractivity contribution in [3.63, 3.8) is 0 Å². The molecule has 0 bridgehead atoms. The van der Waals surface area contributed by atoms with E-state index in [9.17, 15) is 9.59 Å². The molecule has 0 saturated carbocycles. The van der Waals surface area contributed by atoms with Gasteiger partial charge in [0.2, 0.25) is 5.91 Å². The first-order valence-corrected chi connectivity index (χ1v) is 6.49. The minimum atomic E-state index is -0.0459. The molecule has 1 heterocycles. The highest BCUT2D eigenvalue weighted by Gasteiger charge is 2.01. The van der Waals surface area contributed by atoms with Crippen LogP contribution in [-0.2, 0) is 11.2 Å². The number of benzene rings is 1. The fourth-order valence-corrected chi connectivity index (χ4v) is 1.99. The van der Waals surface area contributed by atoms with Crippen LogP contribution in [0.5, 0.6) is 0 Å². The number of hydrogen-bond donors (Lipinski definition) is 2. The Balaban J connectivity index is 2.15. The molecule has 1 amide bonds. The summed E-state index contributed by atoms with van der Waals surface area (Å²) in [6.45, 7) is 4.28. The molecule has 100 valence electrons. The lowest BCUT2D eigenvalue weighted by Crippen LogP contribution is -2.24. The second kappa shape index (κ2) is 5.69. The molecule has 2 rings (SSSR count). The minimum Gasteiger partial charge on any atom is -0.356 e. The summed E-state index contributed by atoms with van der Waals surface area (Å²) < 4.78 is 0. The Hall–Kier alpha value is -2.10. The number of carbonyl (C=O) groups excluding carboxylic acids is 1. The zero-order valence-electron chi connectivity index (χ0n) is 11.2. The van der Waals surface area contributed by atoms with Crippen molar-refractivity contribution in [2.45, 2.75) is 26.7 Å². The molecule has 0 saturated heterocycles. The van der Waals surface area contributed by atoms with Crippen LogP contribution in [0.4, 0.5) is 0 Å². The predicted molar refractivity (Wildman–Crippen MR) is 76.3 cm³/mol. The third-order valence-corrected chi connectivity index (χ3v) is 3.15. The van der Waals surface area contributed by atoms with Crippen molar-refractivity contribution in [2.24, 2.45) is 0 Å². The summed E-state index contributed by atoms with van der Waals surface area (Å²) in [5.74, 6) is 0.0703. The normalized spacial score (nSPS) is 10.6. The van der Waals surface area contributed by atoms with E-state index in [1.54, 1.807) is 6.92 Å². The van der Waals surface area contributed by atoms with Crippen LogP contribution in [0.3, 0.4) is 0 Å². The van der Waals surface area contributed by atoms with E-state index in [1.807, 2.05) is 25.1 Å². The van der Waals surface area contributed by atoms with Crippen molar-refractivity contribution in [3.05, 3.63) is 45.7 Å². The molecule has 0 atom stereocenters. The summed E-state index contributed by atoms with van der Waals surface area (Å²) in [5.41, 5.74) is 2.66. The van der Waals surface area contributed by atoms with E-state index in [-0.39, 0.29) is 11.5 Å². The number of hydrogen-bond acceptors (Lipinski definition) is 2. The quantitative estimate of drug-likeness (QED) is 0.880. The van der Waals surface area contributed by atoms with Crippen molar-refractivity contribution in [2.75, 3.05) is 6.54 Å². The number of aromatic nitrogens is 1. The Morgan fingerprint density at radius 3 is 2.84 bits per heavy atom. The van der Waals surface area contributed by atoms with Crippen molar-refractivity contribution >= 4 is 16.8 Å². The molecule has 4 nitrogen and oxygen atoms in total. The van der Waals surface area contributed by atoms with Crippen LogP contribution in [0.15, 0.2) is 29.1 Å². The highest BCUT2D eigenvalue weighted by Crippen LogP contribution is 2.13. The van der Waals surface area contributed by atoms with E-state index in [0.717, 1.165) is 22.9 Å². The van der Waals surface area contributed by atoms with Gasteiger partial charge in [0, 0.05) is 24.0 Å². The Morgan fingerprint density at radius 1 is 1.32 bits per heavy atom. The zero-order valence-corrected chi connectivity index (χ0v) is 11.2. The number of rotatable bonds is 4. The third-order valence-electron chi connectivity index (χ3n) is 3.15. The predicted octanol–water partition coefficient (Wildman–Crippen LogP) is 1.91. The highest BCUT2D eigenvalue weighted by atomic mass is 16.1. The molecule has 1 aromatic carbocycles. The fourth-order valence-electron chi connectivity index (χ4n) is 1.99. The maximum absolute atomic E-state index is 11.5. The van der Waals surface area contributed by atoms with E-state index >= 15 is 0 Å². The molecular weight excluding hydrogens is 240 g/mol. The summed E-state index contributed by atoms with van der Waals surface area (Å²) in [6, 6.07) is 7.83. The van der Waals surface area contributed by atoms with Crippen molar-refractivity contribution in [3.8, 4) is 0 Å². The summed E-state index contributed by atoms with van der Waals surface area (Å²) in [6.07, 6.45) is 1.30. The molecule has 0 aliphatic carbocycles. The van der Waals surface area contributed by atoms with Gasteiger partial charge in [0.25, 0.3) is 5.56 Å². The monoisotopic (exact) mass is 258 g/mol. The summed E-state index contributed by atoms with van der Waals surface area (Å²) in [4.78, 5) is 25.5. The molecule has 0 aliphatic heterocycles. The Labute approximate surface area is 111 Å². The lowest BCUT2D eigenvalue weighted by molar-refractivity contribution is -0.120. The first-order valence-electron chi connectivity index (χ1n) is 6.49. The number of nitrogens with one attached hydrogen (secondary N) is 2. The third kappa shape index (κ3) is 3.22. The molecule has 2 N–H and O–H groups in total. The smallest absolute Gasteiger partial charge is 0.251 e. The number of aryl methyl sites for hydroxylation is 1. The lowest BCUT2D eigenvalue weighted by atomic mass is 10.1. The van der Waals surface area contributed by atoms with Gasteiger partial charge in [-0.15, -0.1) is 0 Å². The molecule has 0 fully saturated rings. The van der Waals surface area contributed by atoms with Gasteiger partial charge in [-0.25, -0.2) is 0 Å². The van der Waals surface area contributed by atoms with E-state index in [2.05, 4.69) is 16.4 Å². The van der Waals surface area contributed by atoms with Crippen LogP contribution in [0.25, 0.3) is 10.9 Å². The van der Waals surface area contributed by atoms with Gasteiger partial charge in [-0.3, -0.25) is 9.59 Å². The van der Waals surface area contributed by atoms with E-state index in [0.29, 0.717) is 18.5 Å². The molecule has 0 aliphatic rings. The van der Waals surface area contributed by atoms with Crippen LogP contribution < -0.4 is 10.9 Å². The van der Waals surface area contributed by atoms with Crippen molar-refractivity contribution < 1.29 is 4.79 Å². The number of fused-ring (bicyclic) bond motifs is 1. The van der Waals surface area contributed by atoms with E-state index in [1.165, 1.54) is 0 Å². The van der Waals surface area contributed by atoms with Gasteiger partial charge in [0.15, 0.2) is 0 Å². The molecule has 0 unspecified atom stereocenters. The van der Waals surface area contributed by atoms with Gasteiger partial charge in [0.1, 0.15) is 0 Å². The van der Waals surface area contributed by atoms with Gasteiger partial charge in [-0.05, 0) is 42.5 Å². The maximum Gasteiger partial charge on any atom is 0.251 e. The number of pyridine rings is 1. The minimum absolute atomic E-state index is 0.0459. The second-order valence-corrected chi connectivity index (χ2v) is 4.66. The summed E-state index contributed by atoms with van der Waals surface area (Å²) in [7, 11) is 0. The fraction of sp³-hybridized carbons (Fsp3) is 0.333. The Morgan fingerprint density at radius 2 is 2.11 bits per heavy atom. The molecule has 19 heavy (non-hydrogen) atoms. The number of H-pyrrole nitrogens is 1. The molecule has 0 radical (unpaired) electrons. The maximum atomic E-state index is 11.5. The van der Waals surface area contributed by atoms with Gasteiger partial charge in [-0.1, -0.05) is 13.0 Å². The summed E-state index contributed by atoms with van der Waals surface area (Å²) in [5, 5.41) is 3.88. The van der Waals surface area contributed by atoms with Gasteiger partial charge in [0.05, 0.1) is 0 Å². The van der Waals surface area contributed by atoms with Crippen molar-refractivity contribution in [1.29, 1.82) is 0 Å². The van der Waals surface area contributed by atoms with Crippen LogP contribution >= 0.6 is 0 Å². The highest BCUT2D eigenvalue weighted by molar-refractivity contribution is 5.79. The Kier molecular flexibility index (Phi) is 4.00. The van der Waals surface area contributed by atoms with Gasteiger partial charge in [-0.2, -0.15) is 0 Å². The van der Waals surface area contributed by atoms with Crippen LogP contribution in [0.1, 0.15) is 24.5 Å². The van der Waals surface area contributed by atoms with Crippen LogP contribution in [0.2, 0.25) is 0 Å². The number of carbonyl (C=O) groups is 1. The largest absolute Gasteiger partial charge is 0.356 e. The number of aromatic amines is 1. The first-order chi connectivity index (χ1) is 9.10. The molecule has 2 aromatic rings. The lowest BCUT2D eigenvalue weighted by Gasteiger charge is -2.06. The van der Waals surface area contributed by atoms with Crippen molar-refractivity contribution in [1.82, 2.24) is 10.3 Å². The molecule has 4 heteroatoms.